The number of tetrazole rings is 1. The first-order valence-electron chi connectivity index (χ1n) is 5.36. The SMILES string of the molecule is O=C(CCCc1cccs1)NCc1nn[nH]n1. The number of rotatable bonds is 6. The van der Waals surface area contributed by atoms with Crippen molar-refractivity contribution in [1.82, 2.24) is 25.9 Å². The number of hydrogen-bond donors (Lipinski definition) is 2. The first kappa shape index (κ1) is 11.7. The van der Waals surface area contributed by atoms with E-state index in [0.29, 0.717) is 18.8 Å². The van der Waals surface area contributed by atoms with Gasteiger partial charge in [0.2, 0.25) is 5.91 Å². The molecule has 90 valence electrons. The largest absolute Gasteiger partial charge is 0.349 e. The van der Waals surface area contributed by atoms with E-state index in [9.17, 15) is 4.79 Å². The van der Waals surface area contributed by atoms with E-state index < -0.39 is 0 Å². The van der Waals surface area contributed by atoms with E-state index in [1.54, 1.807) is 11.3 Å². The van der Waals surface area contributed by atoms with Crippen LogP contribution in [0.2, 0.25) is 0 Å². The van der Waals surface area contributed by atoms with Crippen LogP contribution < -0.4 is 5.32 Å². The third kappa shape index (κ3) is 3.95. The van der Waals surface area contributed by atoms with Gasteiger partial charge in [-0.2, -0.15) is 5.21 Å². The lowest BCUT2D eigenvalue weighted by molar-refractivity contribution is -0.121. The number of nitrogens with one attached hydrogen (secondary N) is 2. The summed E-state index contributed by atoms with van der Waals surface area (Å²) in [4.78, 5) is 12.8. The van der Waals surface area contributed by atoms with Gasteiger partial charge in [-0.25, -0.2) is 0 Å². The Morgan fingerprint density at radius 3 is 3.18 bits per heavy atom. The van der Waals surface area contributed by atoms with E-state index in [1.165, 1.54) is 4.88 Å². The summed E-state index contributed by atoms with van der Waals surface area (Å²) in [5.74, 6) is 0.517. The van der Waals surface area contributed by atoms with Crippen LogP contribution in [-0.2, 0) is 17.8 Å². The Labute approximate surface area is 102 Å². The summed E-state index contributed by atoms with van der Waals surface area (Å²) < 4.78 is 0. The van der Waals surface area contributed by atoms with Gasteiger partial charge in [0, 0.05) is 11.3 Å². The number of thiophene rings is 1. The van der Waals surface area contributed by atoms with Crippen molar-refractivity contribution in [3.8, 4) is 0 Å². The Morgan fingerprint density at radius 2 is 2.47 bits per heavy atom. The van der Waals surface area contributed by atoms with Crippen molar-refractivity contribution in [3.05, 3.63) is 28.2 Å². The standard InChI is InChI=1S/C10H13N5OS/c16-10(11-7-9-12-14-15-13-9)5-1-3-8-4-2-6-17-8/h2,4,6H,1,3,5,7H2,(H,11,16)(H,12,13,14,15). The highest BCUT2D eigenvalue weighted by Gasteiger charge is 2.04. The monoisotopic (exact) mass is 251 g/mol. The van der Waals surface area contributed by atoms with E-state index in [0.717, 1.165) is 12.8 Å². The maximum absolute atomic E-state index is 11.5. The Balaban J connectivity index is 1.61. The fourth-order valence-corrected chi connectivity index (χ4v) is 2.15. The fraction of sp³-hybridized carbons (Fsp3) is 0.400. The number of nitrogens with zero attached hydrogens (tertiary/aromatic N) is 3. The Bertz CT molecular complexity index is 439. The first-order chi connectivity index (χ1) is 8.34. The smallest absolute Gasteiger partial charge is 0.220 e. The Kier molecular flexibility index (Phi) is 4.20. The van der Waals surface area contributed by atoms with Crippen LogP contribution in [0.15, 0.2) is 17.5 Å². The molecule has 0 aromatic carbocycles. The maximum Gasteiger partial charge on any atom is 0.220 e. The molecule has 0 aliphatic rings. The molecule has 0 saturated carbocycles. The highest BCUT2D eigenvalue weighted by atomic mass is 32.1. The minimum absolute atomic E-state index is 0.0198. The number of aryl methyl sites for hydroxylation is 1. The molecule has 0 atom stereocenters. The van der Waals surface area contributed by atoms with Crippen LogP contribution in [0.25, 0.3) is 0 Å². The third-order valence-corrected chi connectivity index (χ3v) is 3.18. The summed E-state index contributed by atoms with van der Waals surface area (Å²) in [6.07, 6.45) is 2.33. The van der Waals surface area contributed by atoms with Gasteiger partial charge in [-0.1, -0.05) is 11.3 Å². The number of aromatic amines is 1. The number of H-pyrrole nitrogens is 1. The Hall–Kier alpha value is -1.76. The highest BCUT2D eigenvalue weighted by Crippen LogP contribution is 2.11. The molecule has 0 radical (unpaired) electrons. The van der Waals surface area contributed by atoms with Gasteiger partial charge in [-0.3, -0.25) is 4.79 Å². The minimum Gasteiger partial charge on any atom is -0.349 e. The number of amides is 1. The lowest BCUT2D eigenvalue weighted by atomic mass is 10.2. The minimum atomic E-state index is 0.0198. The van der Waals surface area contributed by atoms with Crippen molar-refractivity contribution in [2.45, 2.75) is 25.8 Å². The molecule has 6 nitrogen and oxygen atoms in total. The van der Waals surface area contributed by atoms with Crippen molar-refractivity contribution < 1.29 is 4.79 Å². The molecule has 7 heteroatoms. The van der Waals surface area contributed by atoms with Gasteiger partial charge < -0.3 is 5.32 Å². The molecule has 0 aliphatic carbocycles. The molecule has 2 N–H and O–H groups in total. The summed E-state index contributed by atoms with van der Waals surface area (Å²) in [5, 5.41) is 18.0. The Morgan fingerprint density at radius 1 is 1.53 bits per heavy atom. The molecule has 1 amide bonds. The lowest BCUT2D eigenvalue weighted by Gasteiger charge is -2.01. The van der Waals surface area contributed by atoms with E-state index in [4.69, 9.17) is 0 Å². The van der Waals surface area contributed by atoms with Crippen LogP contribution in [0.5, 0.6) is 0 Å². The molecule has 2 rings (SSSR count). The first-order valence-corrected chi connectivity index (χ1v) is 6.24. The molecule has 17 heavy (non-hydrogen) atoms. The number of aromatic nitrogens is 4. The van der Waals surface area contributed by atoms with Gasteiger partial charge in [0.25, 0.3) is 0 Å². The van der Waals surface area contributed by atoms with Crippen LogP contribution in [0.4, 0.5) is 0 Å². The van der Waals surface area contributed by atoms with E-state index in [-0.39, 0.29) is 5.91 Å². The van der Waals surface area contributed by atoms with Crippen LogP contribution in [-0.4, -0.2) is 26.5 Å². The molecule has 2 heterocycles. The molecule has 0 fully saturated rings. The van der Waals surface area contributed by atoms with Crippen LogP contribution in [0.1, 0.15) is 23.5 Å². The van der Waals surface area contributed by atoms with Crippen molar-refractivity contribution in [3.63, 3.8) is 0 Å². The second kappa shape index (κ2) is 6.09. The summed E-state index contributed by atoms with van der Waals surface area (Å²) >= 11 is 1.72. The normalized spacial score (nSPS) is 10.4. The van der Waals surface area contributed by atoms with Gasteiger partial charge in [-0.15, -0.1) is 21.5 Å². The third-order valence-electron chi connectivity index (χ3n) is 2.24. The molecule has 2 aromatic heterocycles. The molecule has 0 unspecified atom stereocenters. The van der Waals surface area contributed by atoms with Gasteiger partial charge in [0.05, 0.1) is 6.54 Å². The number of carbonyl (C=O) groups excluding carboxylic acids is 1. The molecular weight excluding hydrogens is 238 g/mol. The summed E-state index contributed by atoms with van der Waals surface area (Å²) in [6.45, 7) is 0.328. The fourth-order valence-electron chi connectivity index (χ4n) is 1.40. The van der Waals surface area contributed by atoms with Gasteiger partial charge in [-0.05, 0) is 24.3 Å². The molecule has 2 aromatic rings. The highest BCUT2D eigenvalue weighted by molar-refractivity contribution is 7.09. The average molecular weight is 251 g/mol. The molecular formula is C10H13N5OS. The van der Waals surface area contributed by atoms with Gasteiger partial charge >= 0.3 is 0 Å². The predicted octanol–water partition coefficient (Wildman–Crippen LogP) is 0.900. The van der Waals surface area contributed by atoms with Crippen molar-refractivity contribution in [2.75, 3.05) is 0 Å². The van der Waals surface area contributed by atoms with E-state index in [2.05, 4.69) is 32.0 Å². The molecule has 0 bridgehead atoms. The zero-order valence-electron chi connectivity index (χ0n) is 9.22. The molecule has 0 spiro atoms. The van der Waals surface area contributed by atoms with Crippen molar-refractivity contribution in [1.29, 1.82) is 0 Å². The van der Waals surface area contributed by atoms with Crippen LogP contribution in [0, 0.1) is 0 Å². The lowest BCUT2D eigenvalue weighted by Crippen LogP contribution is -2.23. The van der Waals surface area contributed by atoms with Crippen molar-refractivity contribution >= 4 is 17.2 Å². The average Bonchev–Trinajstić information content (AvgIpc) is 2.99. The summed E-state index contributed by atoms with van der Waals surface area (Å²) in [6, 6.07) is 4.11. The van der Waals surface area contributed by atoms with Crippen LogP contribution >= 0.6 is 11.3 Å². The second-order valence-corrected chi connectivity index (χ2v) is 4.57. The topological polar surface area (TPSA) is 83.6 Å². The summed E-state index contributed by atoms with van der Waals surface area (Å²) in [7, 11) is 0. The quantitative estimate of drug-likeness (QED) is 0.799. The maximum atomic E-state index is 11.5. The zero-order chi connectivity index (χ0) is 11.9. The van der Waals surface area contributed by atoms with E-state index in [1.807, 2.05) is 11.4 Å². The predicted molar refractivity (Wildman–Crippen MR) is 63.3 cm³/mol. The molecule has 0 aliphatic heterocycles. The van der Waals surface area contributed by atoms with Gasteiger partial charge in [0.15, 0.2) is 5.82 Å². The second-order valence-electron chi connectivity index (χ2n) is 3.54. The molecule has 0 saturated heterocycles. The van der Waals surface area contributed by atoms with Crippen LogP contribution in [0.3, 0.4) is 0 Å². The number of hydrogen-bond acceptors (Lipinski definition) is 5. The summed E-state index contributed by atoms with van der Waals surface area (Å²) in [5.41, 5.74) is 0. The van der Waals surface area contributed by atoms with Gasteiger partial charge in [0.1, 0.15) is 0 Å². The zero-order valence-corrected chi connectivity index (χ0v) is 10.0. The van der Waals surface area contributed by atoms with E-state index >= 15 is 0 Å². The van der Waals surface area contributed by atoms with Crippen molar-refractivity contribution in [2.24, 2.45) is 0 Å². The number of carbonyl (C=O) groups is 1.